The first kappa shape index (κ1) is 18.2. The largest absolute Gasteiger partial charge is 0.370 e. The van der Waals surface area contributed by atoms with Gasteiger partial charge in [0.05, 0.1) is 6.54 Å². The molecule has 1 aliphatic heterocycles. The summed E-state index contributed by atoms with van der Waals surface area (Å²) in [4.78, 5) is 9.62. The summed E-state index contributed by atoms with van der Waals surface area (Å²) in [5.74, 6) is 1.38. The Balaban J connectivity index is 1.51. The molecule has 0 bridgehead atoms. The van der Waals surface area contributed by atoms with Gasteiger partial charge in [0, 0.05) is 39.3 Å². The van der Waals surface area contributed by atoms with Crippen LogP contribution in [0.2, 0.25) is 0 Å². The Hall–Kier alpha value is -1.59. The maximum Gasteiger partial charge on any atom is 0.188 e. The number of likely N-dealkylation sites (N-methyl/N-ethyl adjacent to an activating group) is 1. The van der Waals surface area contributed by atoms with Crippen LogP contribution in [0, 0.1) is 5.92 Å². The van der Waals surface area contributed by atoms with Crippen molar-refractivity contribution in [1.29, 1.82) is 0 Å². The summed E-state index contributed by atoms with van der Waals surface area (Å²) in [5, 5.41) is 3.28. The number of nitrogens with two attached hydrogens (primary N) is 1. The molecular formula is C20H33N5. The van der Waals surface area contributed by atoms with Crippen LogP contribution in [0.3, 0.4) is 0 Å². The Morgan fingerprint density at radius 2 is 1.80 bits per heavy atom. The molecule has 5 heteroatoms. The van der Waals surface area contributed by atoms with Crippen molar-refractivity contribution in [2.24, 2.45) is 16.6 Å². The van der Waals surface area contributed by atoms with Crippen LogP contribution >= 0.6 is 0 Å². The summed E-state index contributed by atoms with van der Waals surface area (Å²) >= 11 is 0. The molecule has 138 valence electrons. The van der Waals surface area contributed by atoms with Gasteiger partial charge in [0.1, 0.15) is 0 Å². The van der Waals surface area contributed by atoms with Crippen molar-refractivity contribution in [1.82, 2.24) is 15.1 Å². The SMILES string of the molecule is CCN1CCN(Cc2ccccc2CN=C(N)NCC2CCC2)CC1. The van der Waals surface area contributed by atoms with E-state index in [1.807, 2.05) is 0 Å². The van der Waals surface area contributed by atoms with Crippen LogP contribution in [0.15, 0.2) is 29.3 Å². The molecule has 1 aromatic carbocycles. The van der Waals surface area contributed by atoms with E-state index in [0.29, 0.717) is 12.5 Å². The lowest BCUT2D eigenvalue weighted by Crippen LogP contribution is -2.45. The molecule has 25 heavy (non-hydrogen) atoms. The summed E-state index contributed by atoms with van der Waals surface area (Å²) in [5.41, 5.74) is 8.70. The predicted molar refractivity (Wildman–Crippen MR) is 105 cm³/mol. The van der Waals surface area contributed by atoms with Crippen molar-refractivity contribution in [3.05, 3.63) is 35.4 Å². The van der Waals surface area contributed by atoms with Gasteiger partial charge in [-0.1, -0.05) is 37.6 Å². The molecule has 1 saturated carbocycles. The molecular weight excluding hydrogens is 310 g/mol. The standard InChI is InChI=1S/C20H33N5/c1-2-24-10-12-25(13-11-24)16-19-9-4-3-8-18(19)15-23-20(21)22-14-17-6-5-7-17/h3-4,8-9,17H,2,5-7,10-16H2,1H3,(H3,21,22,23). The number of guanidine groups is 1. The molecule has 1 aliphatic carbocycles. The van der Waals surface area contributed by atoms with Gasteiger partial charge in [-0.15, -0.1) is 0 Å². The number of piperazine rings is 1. The predicted octanol–water partition coefficient (Wildman–Crippen LogP) is 2.03. The number of hydrogen-bond acceptors (Lipinski definition) is 3. The van der Waals surface area contributed by atoms with Gasteiger partial charge in [-0.3, -0.25) is 4.90 Å². The third kappa shape index (κ3) is 5.44. The fourth-order valence-electron chi connectivity index (χ4n) is 3.54. The van der Waals surface area contributed by atoms with Gasteiger partial charge in [0.25, 0.3) is 0 Å². The van der Waals surface area contributed by atoms with Crippen LogP contribution in [-0.4, -0.2) is 55.0 Å². The lowest BCUT2D eigenvalue weighted by atomic mass is 9.85. The van der Waals surface area contributed by atoms with E-state index in [4.69, 9.17) is 5.73 Å². The maximum absolute atomic E-state index is 6.04. The number of aliphatic imine (C=N–C) groups is 1. The summed E-state index contributed by atoms with van der Waals surface area (Å²) in [7, 11) is 0. The summed E-state index contributed by atoms with van der Waals surface area (Å²) in [6.45, 7) is 10.7. The topological polar surface area (TPSA) is 56.9 Å². The highest BCUT2D eigenvalue weighted by Gasteiger charge is 2.17. The Labute approximate surface area is 152 Å². The van der Waals surface area contributed by atoms with Crippen molar-refractivity contribution in [2.75, 3.05) is 39.3 Å². The summed E-state index contributed by atoms with van der Waals surface area (Å²) in [6.07, 6.45) is 4.02. The second kappa shape index (κ2) is 9.20. The Morgan fingerprint density at radius 1 is 1.12 bits per heavy atom. The molecule has 0 aromatic heterocycles. The summed E-state index contributed by atoms with van der Waals surface area (Å²) < 4.78 is 0. The van der Waals surface area contributed by atoms with Gasteiger partial charge in [0.2, 0.25) is 0 Å². The minimum absolute atomic E-state index is 0.582. The minimum atomic E-state index is 0.582. The van der Waals surface area contributed by atoms with Crippen molar-refractivity contribution in [3.63, 3.8) is 0 Å². The highest BCUT2D eigenvalue weighted by Crippen LogP contribution is 2.25. The van der Waals surface area contributed by atoms with Crippen molar-refractivity contribution in [3.8, 4) is 0 Å². The third-order valence-electron chi connectivity index (χ3n) is 5.64. The lowest BCUT2D eigenvalue weighted by Gasteiger charge is -2.34. The second-order valence-corrected chi connectivity index (χ2v) is 7.36. The van der Waals surface area contributed by atoms with Gasteiger partial charge in [-0.2, -0.15) is 0 Å². The van der Waals surface area contributed by atoms with Crippen LogP contribution in [-0.2, 0) is 13.1 Å². The molecule has 0 spiro atoms. The molecule has 3 rings (SSSR count). The van der Waals surface area contributed by atoms with Gasteiger partial charge >= 0.3 is 0 Å². The van der Waals surface area contributed by atoms with Crippen LogP contribution < -0.4 is 11.1 Å². The van der Waals surface area contributed by atoms with Gasteiger partial charge in [-0.25, -0.2) is 4.99 Å². The Bertz CT molecular complexity index is 559. The smallest absolute Gasteiger partial charge is 0.188 e. The second-order valence-electron chi connectivity index (χ2n) is 7.36. The lowest BCUT2D eigenvalue weighted by molar-refractivity contribution is 0.131. The molecule has 1 saturated heterocycles. The first-order valence-electron chi connectivity index (χ1n) is 9.80. The number of rotatable bonds is 7. The average molecular weight is 344 g/mol. The first-order valence-corrected chi connectivity index (χ1v) is 9.80. The molecule has 2 aliphatic rings. The molecule has 3 N–H and O–H groups in total. The van der Waals surface area contributed by atoms with E-state index in [1.165, 1.54) is 43.5 Å². The minimum Gasteiger partial charge on any atom is -0.370 e. The van der Waals surface area contributed by atoms with Crippen LogP contribution in [0.25, 0.3) is 0 Å². The van der Waals surface area contributed by atoms with E-state index in [9.17, 15) is 0 Å². The average Bonchev–Trinajstić information content (AvgIpc) is 2.60. The molecule has 1 heterocycles. The zero-order valence-corrected chi connectivity index (χ0v) is 15.6. The van der Waals surface area contributed by atoms with Crippen molar-refractivity contribution < 1.29 is 0 Å². The first-order chi connectivity index (χ1) is 12.2. The molecule has 0 amide bonds. The van der Waals surface area contributed by atoms with E-state index >= 15 is 0 Å². The van der Waals surface area contributed by atoms with Gasteiger partial charge in [0.15, 0.2) is 5.96 Å². The third-order valence-corrected chi connectivity index (χ3v) is 5.64. The van der Waals surface area contributed by atoms with Gasteiger partial charge in [-0.05, 0) is 36.4 Å². The number of hydrogen-bond donors (Lipinski definition) is 2. The Kier molecular flexibility index (Phi) is 6.70. The van der Waals surface area contributed by atoms with E-state index in [0.717, 1.165) is 38.6 Å². The van der Waals surface area contributed by atoms with E-state index < -0.39 is 0 Å². The highest BCUT2D eigenvalue weighted by atomic mass is 15.3. The number of benzene rings is 1. The molecule has 0 unspecified atom stereocenters. The van der Waals surface area contributed by atoms with Gasteiger partial charge < -0.3 is 16.0 Å². The fourth-order valence-corrected chi connectivity index (χ4v) is 3.54. The summed E-state index contributed by atoms with van der Waals surface area (Å²) in [6, 6.07) is 8.64. The number of nitrogens with one attached hydrogen (secondary N) is 1. The van der Waals surface area contributed by atoms with Crippen molar-refractivity contribution in [2.45, 2.75) is 39.3 Å². The van der Waals surface area contributed by atoms with E-state index in [2.05, 4.69) is 51.3 Å². The fraction of sp³-hybridized carbons (Fsp3) is 0.650. The quantitative estimate of drug-likeness (QED) is 0.587. The monoisotopic (exact) mass is 343 g/mol. The van der Waals surface area contributed by atoms with Crippen molar-refractivity contribution >= 4 is 5.96 Å². The number of nitrogens with zero attached hydrogens (tertiary/aromatic N) is 3. The Morgan fingerprint density at radius 3 is 2.44 bits per heavy atom. The van der Waals surface area contributed by atoms with E-state index in [1.54, 1.807) is 0 Å². The van der Waals surface area contributed by atoms with E-state index in [-0.39, 0.29) is 0 Å². The molecule has 0 atom stereocenters. The van der Waals surface area contributed by atoms with Crippen LogP contribution in [0.4, 0.5) is 0 Å². The maximum atomic E-state index is 6.04. The van der Waals surface area contributed by atoms with Crippen LogP contribution in [0.1, 0.15) is 37.3 Å². The molecule has 2 fully saturated rings. The molecule has 0 radical (unpaired) electrons. The highest BCUT2D eigenvalue weighted by molar-refractivity contribution is 5.77. The normalized spacial score (nSPS) is 20.4. The van der Waals surface area contributed by atoms with Crippen LogP contribution in [0.5, 0.6) is 0 Å². The molecule has 5 nitrogen and oxygen atoms in total. The molecule has 1 aromatic rings. The zero-order chi connectivity index (χ0) is 17.5. The zero-order valence-electron chi connectivity index (χ0n) is 15.6.